The van der Waals surface area contributed by atoms with Gasteiger partial charge in [-0.05, 0) is 44.7 Å². The van der Waals surface area contributed by atoms with Crippen LogP contribution < -0.4 is 5.32 Å². The second-order valence-corrected chi connectivity index (χ2v) is 7.44. The number of nitrogens with one attached hydrogen (secondary N) is 1. The van der Waals surface area contributed by atoms with E-state index in [-0.39, 0.29) is 6.03 Å². The second-order valence-electron chi connectivity index (χ2n) is 7.44. The third kappa shape index (κ3) is 5.10. The lowest BCUT2D eigenvalue weighted by molar-refractivity contribution is 0.192. The van der Waals surface area contributed by atoms with Crippen molar-refractivity contribution in [2.45, 2.75) is 39.2 Å². The lowest BCUT2D eigenvalue weighted by atomic mass is 9.91. The third-order valence-corrected chi connectivity index (χ3v) is 5.40. The van der Waals surface area contributed by atoms with Gasteiger partial charge in [-0.2, -0.15) is 0 Å². The molecule has 2 heterocycles. The zero-order valence-corrected chi connectivity index (χ0v) is 16.6. The summed E-state index contributed by atoms with van der Waals surface area (Å²) in [5.74, 6) is 1.37. The maximum atomic E-state index is 12.4. The average Bonchev–Trinajstić information content (AvgIpc) is 3.01. The fourth-order valence-corrected chi connectivity index (χ4v) is 3.75. The van der Waals surface area contributed by atoms with E-state index in [9.17, 15) is 4.79 Å². The number of urea groups is 1. The number of aryl methyl sites for hydroxylation is 2. The van der Waals surface area contributed by atoms with Crippen LogP contribution in [-0.4, -0.2) is 54.2 Å². The van der Waals surface area contributed by atoms with E-state index >= 15 is 0 Å². The molecular weight excluding hydrogens is 340 g/mol. The van der Waals surface area contributed by atoms with Crippen LogP contribution in [-0.2, 0) is 6.54 Å². The van der Waals surface area contributed by atoms with Crippen molar-refractivity contribution in [3.05, 3.63) is 52.9 Å². The normalized spacial score (nSPS) is 17.7. The van der Waals surface area contributed by atoms with Crippen LogP contribution in [0.4, 0.5) is 4.79 Å². The molecule has 3 rings (SSSR count). The van der Waals surface area contributed by atoms with Crippen LogP contribution in [0.3, 0.4) is 0 Å². The van der Waals surface area contributed by atoms with Gasteiger partial charge in [0, 0.05) is 32.2 Å². The first kappa shape index (κ1) is 19.4. The smallest absolute Gasteiger partial charge is 0.317 e. The molecule has 1 saturated heterocycles. The molecular formula is C21H30N4O2. The van der Waals surface area contributed by atoms with Gasteiger partial charge in [0.05, 0.1) is 12.2 Å². The van der Waals surface area contributed by atoms with Crippen LogP contribution in [0, 0.1) is 13.8 Å². The minimum absolute atomic E-state index is 0.0633. The Hall–Kier alpha value is -2.34. The highest BCUT2D eigenvalue weighted by molar-refractivity contribution is 5.73. The van der Waals surface area contributed by atoms with Gasteiger partial charge in [-0.15, -0.1) is 0 Å². The Kier molecular flexibility index (Phi) is 6.50. The minimum Gasteiger partial charge on any atom is -0.361 e. The molecule has 2 aromatic rings. The molecule has 1 aromatic heterocycles. The van der Waals surface area contributed by atoms with Crippen molar-refractivity contribution in [2.24, 2.45) is 0 Å². The SMILES string of the molecule is Cc1noc(C)c1CN(C)C(=O)NCCN1CCC[C@H](c2ccccc2)C1. The molecule has 0 saturated carbocycles. The van der Waals surface area contributed by atoms with Gasteiger partial charge >= 0.3 is 6.03 Å². The Balaban J connectivity index is 1.43. The highest BCUT2D eigenvalue weighted by atomic mass is 16.5. The Labute approximate surface area is 161 Å². The number of aromatic nitrogens is 1. The number of rotatable bonds is 6. The summed E-state index contributed by atoms with van der Waals surface area (Å²) in [4.78, 5) is 16.5. The molecule has 1 aliphatic rings. The quantitative estimate of drug-likeness (QED) is 0.847. The number of likely N-dealkylation sites (tertiary alicyclic amines) is 1. The summed E-state index contributed by atoms with van der Waals surface area (Å²) in [5, 5.41) is 6.97. The number of hydrogen-bond donors (Lipinski definition) is 1. The van der Waals surface area contributed by atoms with Crippen molar-refractivity contribution in [1.82, 2.24) is 20.3 Å². The number of nitrogens with zero attached hydrogens (tertiary/aromatic N) is 3. The van der Waals surface area contributed by atoms with Gasteiger partial charge in [0.2, 0.25) is 0 Å². The number of carbonyl (C=O) groups excluding carboxylic acids is 1. The monoisotopic (exact) mass is 370 g/mol. The molecule has 2 amide bonds. The Bertz CT molecular complexity index is 724. The van der Waals surface area contributed by atoms with E-state index < -0.39 is 0 Å². The fraction of sp³-hybridized carbons (Fsp3) is 0.524. The average molecular weight is 370 g/mol. The van der Waals surface area contributed by atoms with Crippen molar-refractivity contribution in [3.8, 4) is 0 Å². The maximum Gasteiger partial charge on any atom is 0.317 e. The van der Waals surface area contributed by atoms with Crippen LogP contribution in [0.5, 0.6) is 0 Å². The molecule has 6 heteroatoms. The first-order chi connectivity index (χ1) is 13.0. The van der Waals surface area contributed by atoms with Crippen molar-refractivity contribution in [3.63, 3.8) is 0 Å². The van der Waals surface area contributed by atoms with Gasteiger partial charge in [-0.3, -0.25) is 0 Å². The van der Waals surface area contributed by atoms with E-state index in [4.69, 9.17) is 4.52 Å². The molecule has 1 N–H and O–H groups in total. The minimum atomic E-state index is -0.0633. The van der Waals surface area contributed by atoms with Gasteiger partial charge in [0.15, 0.2) is 0 Å². The number of carbonyl (C=O) groups is 1. The third-order valence-electron chi connectivity index (χ3n) is 5.40. The molecule has 1 aliphatic heterocycles. The van der Waals surface area contributed by atoms with Crippen molar-refractivity contribution in [2.75, 3.05) is 33.2 Å². The van der Waals surface area contributed by atoms with E-state index in [1.807, 2.05) is 13.8 Å². The Morgan fingerprint density at radius 1 is 1.33 bits per heavy atom. The highest BCUT2D eigenvalue weighted by Crippen LogP contribution is 2.26. The van der Waals surface area contributed by atoms with E-state index in [1.165, 1.54) is 18.4 Å². The number of benzene rings is 1. The second kappa shape index (κ2) is 9.04. The van der Waals surface area contributed by atoms with Crippen LogP contribution >= 0.6 is 0 Å². The van der Waals surface area contributed by atoms with Crippen molar-refractivity contribution < 1.29 is 9.32 Å². The van der Waals surface area contributed by atoms with E-state index in [0.29, 0.717) is 19.0 Å². The zero-order chi connectivity index (χ0) is 19.2. The van der Waals surface area contributed by atoms with Crippen LogP contribution in [0.1, 0.15) is 41.3 Å². The van der Waals surface area contributed by atoms with E-state index in [1.54, 1.807) is 11.9 Å². The molecule has 0 aliphatic carbocycles. The summed E-state index contributed by atoms with van der Waals surface area (Å²) < 4.78 is 5.17. The summed E-state index contributed by atoms with van der Waals surface area (Å²) in [6.07, 6.45) is 2.45. The predicted octanol–water partition coefficient (Wildman–Crippen LogP) is 3.31. The predicted molar refractivity (Wildman–Crippen MR) is 106 cm³/mol. The lowest BCUT2D eigenvalue weighted by Gasteiger charge is -2.33. The molecule has 1 aromatic carbocycles. The summed E-state index contributed by atoms with van der Waals surface area (Å²) in [6, 6.07) is 10.7. The molecule has 27 heavy (non-hydrogen) atoms. The summed E-state index contributed by atoms with van der Waals surface area (Å²) >= 11 is 0. The van der Waals surface area contributed by atoms with Gasteiger partial charge in [-0.25, -0.2) is 4.79 Å². The Morgan fingerprint density at radius 3 is 2.81 bits per heavy atom. The molecule has 146 valence electrons. The van der Waals surface area contributed by atoms with Gasteiger partial charge < -0.3 is 19.6 Å². The topological polar surface area (TPSA) is 61.6 Å². The first-order valence-corrected chi connectivity index (χ1v) is 9.72. The molecule has 0 radical (unpaired) electrons. The van der Waals surface area contributed by atoms with Crippen molar-refractivity contribution in [1.29, 1.82) is 0 Å². The van der Waals surface area contributed by atoms with E-state index in [0.717, 1.165) is 36.7 Å². The van der Waals surface area contributed by atoms with Crippen molar-refractivity contribution >= 4 is 6.03 Å². The summed E-state index contributed by atoms with van der Waals surface area (Å²) in [5.41, 5.74) is 3.24. The number of hydrogen-bond acceptors (Lipinski definition) is 4. The standard InChI is InChI=1S/C21H30N4O2/c1-16-20(17(2)27-23-16)15-24(3)21(26)22-11-13-25-12-7-10-19(14-25)18-8-5-4-6-9-18/h4-6,8-9,19H,7,10-15H2,1-3H3,(H,22,26)/t19-/m0/s1. The molecule has 0 spiro atoms. The van der Waals surface area contributed by atoms with Gasteiger partial charge in [0.25, 0.3) is 0 Å². The molecule has 1 fully saturated rings. The molecule has 0 unspecified atom stereocenters. The number of amides is 2. The highest BCUT2D eigenvalue weighted by Gasteiger charge is 2.21. The largest absolute Gasteiger partial charge is 0.361 e. The van der Waals surface area contributed by atoms with Crippen LogP contribution in [0.2, 0.25) is 0 Å². The molecule has 0 bridgehead atoms. The lowest BCUT2D eigenvalue weighted by Crippen LogP contribution is -2.43. The molecule has 1 atom stereocenters. The maximum absolute atomic E-state index is 12.4. The van der Waals surface area contributed by atoms with Crippen LogP contribution in [0.25, 0.3) is 0 Å². The Morgan fingerprint density at radius 2 is 2.11 bits per heavy atom. The summed E-state index contributed by atoms with van der Waals surface area (Å²) in [6.45, 7) is 7.99. The van der Waals surface area contributed by atoms with Crippen LogP contribution in [0.15, 0.2) is 34.9 Å². The molecule has 6 nitrogen and oxygen atoms in total. The number of piperidine rings is 1. The zero-order valence-electron chi connectivity index (χ0n) is 16.6. The van der Waals surface area contributed by atoms with Gasteiger partial charge in [-0.1, -0.05) is 35.5 Å². The summed E-state index contributed by atoms with van der Waals surface area (Å²) in [7, 11) is 1.80. The van der Waals surface area contributed by atoms with Gasteiger partial charge in [0.1, 0.15) is 5.76 Å². The fourth-order valence-electron chi connectivity index (χ4n) is 3.75. The first-order valence-electron chi connectivity index (χ1n) is 9.72. The van der Waals surface area contributed by atoms with E-state index in [2.05, 4.69) is 45.7 Å².